The first kappa shape index (κ1) is 14.4. The fourth-order valence-electron chi connectivity index (χ4n) is 1.89. The van der Waals surface area contributed by atoms with E-state index in [0.29, 0.717) is 18.1 Å². The summed E-state index contributed by atoms with van der Waals surface area (Å²) in [6.07, 6.45) is 0. The molecule has 0 saturated carbocycles. The first-order valence-corrected chi connectivity index (χ1v) is 6.80. The number of benzene rings is 2. The van der Waals surface area contributed by atoms with Gasteiger partial charge in [-0.05, 0) is 23.3 Å². The summed E-state index contributed by atoms with van der Waals surface area (Å²) < 4.78 is 0. The third-order valence-electron chi connectivity index (χ3n) is 2.94. The van der Waals surface area contributed by atoms with Gasteiger partial charge in [0.15, 0.2) is 0 Å². The predicted octanol–water partition coefficient (Wildman–Crippen LogP) is 3.68. The first-order chi connectivity index (χ1) is 9.65. The van der Waals surface area contributed by atoms with E-state index in [-0.39, 0.29) is 6.03 Å². The molecule has 3 nitrogen and oxygen atoms in total. The second-order valence-corrected chi connectivity index (χ2v) is 5.07. The third-order valence-corrected chi connectivity index (χ3v) is 3.18. The number of carbonyl (C=O) groups is 1. The van der Waals surface area contributed by atoms with E-state index in [4.69, 9.17) is 11.6 Å². The summed E-state index contributed by atoms with van der Waals surface area (Å²) in [6, 6.07) is 17.3. The molecule has 2 aromatic rings. The van der Waals surface area contributed by atoms with Crippen LogP contribution < -0.4 is 5.32 Å². The van der Waals surface area contributed by atoms with Gasteiger partial charge in [-0.15, -0.1) is 0 Å². The average Bonchev–Trinajstić information content (AvgIpc) is 2.46. The second-order valence-electron chi connectivity index (χ2n) is 4.63. The lowest BCUT2D eigenvalue weighted by Gasteiger charge is -2.18. The highest BCUT2D eigenvalue weighted by molar-refractivity contribution is 6.30. The maximum atomic E-state index is 12.0. The van der Waals surface area contributed by atoms with Crippen molar-refractivity contribution in [2.75, 3.05) is 7.05 Å². The van der Waals surface area contributed by atoms with Gasteiger partial charge in [0.1, 0.15) is 0 Å². The molecular formula is C16H17ClN2O. The van der Waals surface area contributed by atoms with Crippen molar-refractivity contribution in [2.45, 2.75) is 13.1 Å². The molecule has 0 aliphatic carbocycles. The zero-order valence-corrected chi connectivity index (χ0v) is 12.1. The Balaban J connectivity index is 1.85. The van der Waals surface area contributed by atoms with E-state index in [2.05, 4.69) is 5.32 Å². The fourth-order valence-corrected chi connectivity index (χ4v) is 2.10. The SMILES string of the molecule is CN(Cc1ccccc1)C(=O)NCc1cccc(Cl)c1. The minimum absolute atomic E-state index is 0.103. The van der Waals surface area contributed by atoms with Gasteiger partial charge in [0.25, 0.3) is 0 Å². The minimum Gasteiger partial charge on any atom is -0.334 e. The van der Waals surface area contributed by atoms with Crippen molar-refractivity contribution in [1.29, 1.82) is 0 Å². The molecule has 0 unspecified atom stereocenters. The maximum absolute atomic E-state index is 12.0. The standard InChI is InChI=1S/C16H17ClN2O/c1-19(12-13-6-3-2-4-7-13)16(20)18-11-14-8-5-9-15(17)10-14/h2-10H,11-12H2,1H3,(H,18,20). The lowest BCUT2D eigenvalue weighted by Crippen LogP contribution is -2.36. The molecule has 0 aliphatic rings. The molecule has 0 aromatic heterocycles. The zero-order chi connectivity index (χ0) is 14.4. The van der Waals surface area contributed by atoms with Gasteiger partial charge >= 0.3 is 6.03 Å². The Labute approximate surface area is 124 Å². The first-order valence-electron chi connectivity index (χ1n) is 6.42. The Morgan fingerprint density at radius 3 is 2.50 bits per heavy atom. The normalized spacial score (nSPS) is 10.1. The van der Waals surface area contributed by atoms with E-state index >= 15 is 0 Å². The number of nitrogens with zero attached hydrogens (tertiary/aromatic N) is 1. The van der Waals surface area contributed by atoms with Crippen LogP contribution in [0.4, 0.5) is 4.79 Å². The third kappa shape index (κ3) is 4.28. The maximum Gasteiger partial charge on any atom is 0.317 e. The summed E-state index contributed by atoms with van der Waals surface area (Å²) in [5.74, 6) is 0. The summed E-state index contributed by atoms with van der Waals surface area (Å²) in [7, 11) is 1.78. The minimum atomic E-state index is -0.103. The number of rotatable bonds is 4. The number of hydrogen-bond acceptors (Lipinski definition) is 1. The summed E-state index contributed by atoms with van der Waals surface area (Å²) >= 11 is 5.91. The lowest BCUT2D eigenvalue weighted by molar-refractivity contribution is 0.206. The molecule has 2 rings (SSSR count). The Bertz CT molecular complexity index is 572. The van der Waals surface area contributed by atoms with Gasteiger partial charge in [-0.1, -0.05) is 54.1 Å². The molecule has 0 heterocycles. The average molecular weight is 289 g/mol. The highest BCUT2D eigenvalue weighted by atomic mass is 35.5. The van der Waals surface area contributed by atoms with Crippen molar-refractivity contribution in [1.82, 2.24) is 10.2 Å². The number of hydrogen-bond donors (Lipinski definition) is 1. The number of amides is 2. The van der Waals surface area contributed by atoms with Gasteiger partial charge in [-0.2, -0.15) is 0 Å². The summed E-state index contributed by atoms with van der Waals surface area (Å²) in [5.41, 5.74) is 2.09. The Morgan fingerprint density at radius 1 is 1.10 bits per heavy atom. The van der Waals surface area contributed by atoms with Crippen LogP contribution in [0.2, 0.25) is 5.02 Å². The lowest BCUT2D eigenvalue weighted by atomic mass is 10.2. The molecule has 0 aliphatic heterocycles. The van der Waals surface area contributed by atoms with E-state index in [1.165, 1.54) is 0 Å². The summed E-state index contributed by atoms with van der Waals surface area (Å²) in [5, 5.41) is 3.55. The fraction of sp³-hybridized carbons (Fsp3) is 0.188. The van der Waals surface area contributed by atoms with Gasteiger partial charge < -0.3 is 10.2 Å². The van der Waals surface area contributed by atoms with E-state index in [1.54, 1.807) is 11.9 Å². The monoisotopic (exact) mass is 288 g/mol. The largest absolute Gasteiger partial charge is 0.334 e. The Hall–Kier alpha value is -2.00. The van der Waals surface area contributed by atoms with Crippen LogP contribution in [0.5, 0.6) is 0 Å². The van der Waals surface area contributed by atoms with Crippen LogP contribution >= 0.6 is 11.6 Å². The highest BCUT2D eigenvalue weighted by Crippen LogP contribution is 2.10. The van der Waals surface area contributed by atoms with Crippen molar-refractivity contribution >= 4 is 17.6 Å². The van der Waals surface area contributed by atoms with Gasteiger partial charge in [0, 0.05) is 25.2 Å². The summed E-state index contributed by atoms with van der Waals surface area (Å²) in [6.45, 7) is 1.06. The van der Waals surface area contributed by atoms with Crippen molar-refractivity contribution < 1.29 is 4.79 Å². The molecule has 2 aromatic carbocycles. The molecule has 104 valence electrons. The number of nitrogens with one attached hydrogen (secondary N) is 1. The Kier molecular flexibility index (Phi) is 5.02. The predicted molar refractivity (Wildman–Crippen MR) is 81.6 cm³/mol. The van der Waals surface area contributed by atoms with Crippen LogP contribution in [0.3, 0.4) is 0 Å². The molecule has 0 saturated heterocycles. The molecule has 0 bridgehead atoms. The molecule has 4 heteroatoms. The van der Waals surface area contributed by atoms with Crippen molar-refractivity contribution in [3.63, 3.8) is 0 Å². The number of halogens is 1. The van der Waals surface area contributed by atoms with Crippen LogP contribution in [-0.4, -0.2) is 18.0 Å². The smallest absolute Gasteiger partial charge is 0.317 e. The van der Waals surface area contributed by atoms with E-state index in [1.807, 2.05) is 54.6 Å². The molecule has 0 fully saturated rings. The molecule has 2 amide bonds. The van der Waals surface area contributed by atoms with E-state index in [0.717, 1.165) is 11.1 Å². The number of urea groups is 1. The van der Waals surface area contributed by atoms with Crippen LogP contribution in [0.25, 0.3) is 0 Å². The van der Waals surface area contributed by atoms with E-state index < -0.39 is 0 Å². The van der Waals surface area contributed by atoms with Gasteiger partial charge in [-0.3, -0.25) is 0 Å². The van der Waals surface area contributed by atoms with Gasteiger partial charge in [0.05, 0.1) is 0 Å². The quantitative estimate of drug-likeness (QED) is 0.914. The molecular weight excluding hydrogens is 272 g/mol. The van der Waals surface area contributed by atoms with Crippen LogP contribution in [0.1, 0.15) is 11.1 Å². The second kappa shape index (κ2) is 6.96. The topological polar surface area (TPSA) is 32.3 Å². The van der Waals surface area contributed by atoms with E-state index in [9.17, 15) is 4.79 Å². The van der Waals surface area contributed by atoms with Crippen molar-refractivity contribution in [3.8, 4) is 0 Å². The van der Waals surface area contributed by atoms with Crippen LogP contribution in [0, 0.1) is 0 Å². The molecule has 20 heavy (non-hydrogen) atoms. The van der Waals surface area contributed by atoms with Crippen molar-refractivity contribution in [3.05, 3.63) is 70.7 Å². The molecule has 0 radical (unpaired) electrons. The Morgan fingerprint density at radius 2 is 1.80 bits per heavy atom. The van der Waals surface area contributed by atoms with Gasteiger partial charge in [-0.25, -0.2) is 4.79 Å². The summed E-state index contributed by atoms with van der Waals surface area (Å²) in [4.78, 5) is 13.6. The highest BCUT2D eigenvalue weighted by Gasteiger charge is 2.08. The molecule has 1 N–H and O–H groups in total. The van der Waals surface area contributed by atoms with Crippen LogP contribution in [-0.2, 0) is 13.1 Å². The molecule has 0 spiro atoms. The van der Waals surface area contributed by atoms with Gasteiger partial charge in [0.2, 0.25) is 0 Å². The van der Waals surface area contributed by atoms with Crippen molar-refractivity contribution in [2.24, 2.45) is 0 Å². The zero-order valence-electron chi connectivity index (χ0n) is 11.3. The molecule has 0 atom stereocenters. The number of carbonyl (C=O) groups excluding carboxylic acids is 1. The van der Waals surface area contributed by atoms with Crippen LogP contribution in [0.15, 0.2) is 54.6 Å².